The Labute approximate surface area is 72.7 Å². The first-order valence-electron chi connectivity index (χ1n) is 2.21. The third-order valence-electron chi connectivity index (χ3n) is 0.671. The van der Waals surface area contributed by atoms with Crippen LogP contribution in [0.15, 0.2) is 16.8 Å². The molecule has 0 aliphatic carbocycles. The molecule has 0 aliphatic rings. The third-order valence-corrected chi connectivity index (χ3v) is 1.29. The quantitative estimate of drug-likeness (QED) is 0.582. The number of hydrogen-bond donors (Lipinski definition) is 1. The zero-order valence-electron chi connectivity index (χ0n) is 4.86. The maximum absolute atomic E-state index is 6.90. The van der Waals surface area contributed by atoms with E-state index in [0.29, 0.717) is 5.57 Å². The molecule has 0 rings (SSSR count). The second-order valence-corrected chi connectivity index (χ2v) is 2.31. The maximum Gasteiger partial charge on any atom is 0.125 e. The van der Waals surface area contributed by atoms with Gasteiger partial charge in [0.25, 0.3) is 0 Å². The van der Waals surface area contributed by atoms with Crippen molar-refractivity contribution in [1.29, 1.82) is 5.41 Å². The number of aliphatic imine (C=N–C) groups is 1. The lowest BCUT2D eigenvalue weighted by Gasteiger charge is -1.87. The van der Waals surface area contributed by atoms with Crippen molar-refractivity contribution in [1.82, 2.24) is 0 Å². The topological polar surface area (TPSA) is 36.2 Å². The molecular formula is C5H6ClIN2. The van der Waals surface area contributed by atoms with Crippen molar-refractivity contribution in [3.05, 3.63) is 11.8 Å². The third kappa shape index (κ3) is 4.59. The van der Waals surface area contributed by atoms with Gasteiger partial charge < -0.3 is 0 Å². The summed E-state index contributed by atoms with van der Waals surface area (Å²) in [7, 11) is 0. The van der Waals surface area contributed by atoms with Crippen LogP contribution in [0.1, 0.15) is 6.92 Å². The molecule has 0 aromatic rings. The summed E-state index contributed by atoms with van der Waals surface area (Å²) in [5.74, 6) is 0. The van der Waals surface area contributed by atoms with Gasteiger partial charge in [-0.25, -0.2) is 0 Å². The molecule has 0 atom stereocenters. The van der Waals surface area contributed by atoms with E-state index in [-0.39, 0.29) is 5.17 Å². The minimum absolute atomic E-state index is 0.0389. The first kappa shape index (κ1) is 9.10. The van der Waals surface area contributed by atoms with Gasteiger partial charge in [-0.3, -0.25) is 10.4 Å². The van der Waals surface area contributed by atoms with Crippen LogP contribution in [0.3, 0.4) is 0 Å². The van der Waals surface area contributed by atoms with E-state index in [1.54, 1.807) is 17.3 Å². The lowest BCUT2D eigenvalue weighted by molar-refractivity contribution is 1.44. The van der Waals surface area contributed by atoms with E-state index in [4.69, 9.17) is 17.0 Å². The Morgan fingerprint density at radius 2 is 2.33 bits per heavy atom. The van der Waals surface area contributed by atoms with Crippen molar-refractivity contribution < 1.29 is 0 Å². The van der Waals surface area contributed by atoms with Crippen molar-refractivity contribution in [3.8, 4) is 0 Å². The van der Waals surface area contributed by atoms with Gasteiger partial charge in [-0.1, -0.05) is 11.6 Å². The fraction of sp³-hybridized carbons (Fsp3) is 0.200. The molecule has 0 spiro atoms. The fourth-order valence-electron chi connectivity index (χ4n) is 0.197. The van der Waals surface area contributed by atoms with Gasteiger partial charge in [0.15, 0.2) is 0 Å². The van der Waals surface area contributed by atoms with Crippen LogP contribution in [0.5, 0.6) is 0 Å². The molecule has 0 heterocycles. The molecular weight excluding hydrogens is 250 g/mol. The van der Waals surface area contributed by atoms with E-state index in [1.165, 1.54) is 0 Å². The molecule has 1 N–H and O–H groups in total. The van der Waals surface area contributed by atoms with E-state index in [1.807, 2.05) is 22.6 Å². The summed E-state index contributed by atoms with van der Waals surface area (Å²) in [5, 5.41) is 6.94. The number of nitrogens with zero attached hydrogens (tertiary/aromatic N) is 1. The van der Waals surface area contributed by atoms with Gasteiger partial charge in [0.2, 0.25) is 0 Å². The van der Waals surface area contributed by atoms with Crippen LogP contribution in [0.4, 0.5) is 0 Å². The summed E-state index contributed by atoms with van der Waals surface area (Å²) in [5.41, 5.74) is 0.671. The molecule has 0 amide bonds. The molecule has 2 nitrogen and oxygen atoms in total. The van der Waals surface area contributed by atoms with Gasteiger partial charge in [0, 0.05) is 11.8 Å². The average molecular weight is 256 g/mol. The fourth-order valence-corrected chi connectivity index (χ4v) is 0.406. The summed E-state index contributed by atoms with van der Waals surface area (Å²) in [6, 6.07) is 0. The number of halogens is 2. The molecule has 0 radical (unpaired) electrons. The van der Waals surface area contributed by atoms with E-state index >= 15 is 0 Å². The van der Waals surface area contributed by atoms with E-state index in [2.05, 4.69) is 4.99 Å². The predicted octanol–water partition coefficient (Wildman–Crippen LogP) is 2.57. The minimum atomic E-state index is 0.0389. The highest BCUT2D eigenvalue weighted by atomic mass is 127. The van der Waals surface area contributed by atoms with Crippen LogP contribution in [-0.2, 0) is 0 Å². The smallest absolute Gasteiger partial charge is 0.125 e. The second kappa shape index (κ2) is 4.93. The lowest BCUT2D eigenvalue weighted by atomic mass is 10.4. The molecule has 0 aromatic carbocycles. The molecule has 0 unspecified atom stereocenters. The Morgan fingerprint density at radius 1 is 1.78 bits per heavy atom. The van der Waals surface area contributed by atoms with Crippen LogP contribution in [-0.4, -0.2) is 9.39 Å². The molecule has 4 heteroatoms. The summed E-state index contributed by atoms with van der Waals surface area (Å²) in [4.78, 5) is 3.77. The molecule has 0 aliphatic heterocycles. The largest absolute Gasteiger partial charge is 0.289 e. The van der Waals surface area contributed by atoms with Gasteiger partial charge in [-0.05, 0) is 29.5 Å². The van der Waals surface area contributed by atoms with Crippen LogP contribution < -0.4 is 0 Å². The Morgan fingerprint density at radius 3 is 2.67 bits per heavy atom. The first-order valence-corrected chi connectivity index (χ1v) is 3.84. The molecule has 50 valence electrons. The van der Waals surface area contributed by atoms with Gasteiger partial charge in [0.1, 0.15) is 5.17 Å². The van der Waals surface area contributed by atoms with Crippen molar-refractivity contribution in [2.45, 2.75) is 6.92 Å². The highest BCUT2D eigenvalue weighted by Gasteiger charge is 1.89. The zero-order valence-corrected chi connectivity index (χ0v) is 7.77. The standard InChI is InChI=1S/C5H6ClIN2/c1-4(5(6)8)2-9-3-7/h2-3,8H,1H3/b4-2-,8-5?,9-3?. The number of rotatable bonds is 2. The Hall–Kier alpha value is 0.1000. The molecule has 0 aromatic heterocycles. The second-order valence-electron chi connectivity index (χ2n) is 1.37. The van der Waals surface area contributed by atoms with E-state index in [0.717, 1.165) is 0 Å². The normalized spacial score (nSPS) is 12.6. The predicted molar refractivity (Wildman–Crippen MR) is 49.8 cm³/mol. The van der Waals surface area contributed by atoms with Gasteiger partial charge in [-0.2, -0.15) is 0 Å². The molecule has 0 saturated carbocycles. The highest BCUT2D eigenvalue weighted by molar-refractivity contribution is 14.1. The highest BCUT2D eigenvalue weighted by Crippen LogP contribution is 1.98. The summed E-state index contributed by atoms with van der Waals surface area (Å²) < 4.78 is 1.61. The maximum atomic E-state index is 6.90. The number of hydrogen-bond acceptors (Lipinski definition) is 2. The van der Waals surface area contributed by atoms with Crippen molar-refractivity contribution in [3.63, 3.8) is 0 Å². The molecule has 9 heavy (non-hydrogen) atoms. The van der Waals surface area contributed by atoms with Crippen LogP contribution in [0, 0.1) is 5.41 Å². The van der Waals surface area contributed by atoms with Crippen molar-refractivity contribution in [2.24, 2.45) is 4.99 Å². The monoisotopic (exact) mass is 256 g/mol. The average Bonchev–Trinajstić information content (AvgIpc) is 1.82. The molecule has 0 fully saturated rings. The lowest BCUT2D eigenvalue weighted by Crippen LogP contribution is -1.83. The van der Waals surface area contributed by atoms with E-state index in [9.17, 15) is 0 Å². The van der Waals surface area contributed by atoms with Crippen molar-refractivity contribution in [2.75, 3.05) is 0 Å². The summed E-state index contributed by atoms with van der Waals surface area (Å²) in [6.07, 6.45) is 1.54. The number of allylic oxidation sites excluding steroid dienone is 1. The van der Waals surface area contributed by atoms with Gasteiger partial charge in [-0.15, -0.1) is 0 Å². The molecule has 0 bridgehead atoms. The Kier molecular flexibility index (Phi) is 4.99. The summed E-state index contributed by atoms with van der Waals surface area (Å²) >= 11 is 7.30. The summed E-state index contributed by atoms with van der Waals surface area (Å²) in [6.45, 7) is 1.74. The zero-order chi connectivity index (χ0) is 7.28. The SMILES string of the molecule is C/C(=C/N=CI)C(=N)Cl. The Balaban J connectivity index is 4.00. The Bertz CT molecular complexity index is 162. The first-order chi connectivity index (χ1) is 4.18. The number of nitrogens with one attached hydrogen (secondary N) is 1. The minimum Gasteiger partial charge on any atom is -0.289 e. The van der Waals surface area contributed by atoms with Crippen molar-refractivity contribution >= 4 is 43.6 Å². The van der Waals surface area contributed by atoms with Crippen LogP contribution in [0.25, 0.3) is 0 Å². The van der Waals surface area contributed by atoms with E-state index < -0.39 is 0 Å². The van der Waals surface area contributed by atoms with Crippen LogP contribution >= 0.6 is 34.2 Å². The van der Waals surface area contributed by atoms with Gasteiger partial charge >= 0.3 is 0 Å². The van der Waals surface area contributed by atoms with Gasteiger partial charge in [0.05, 0.1) is 4.22 Å². The van der Waals surface area contributed by atoms with Crippen LogP contribution in [0.2, 0.25) is 0 Å². The molecule has 0 saturated heterocycles.